The van der Waals surface area contributed by atoms with Crippen LogP contribution in [-0.2, 0) is 18.0 Å². The summed E-state index contributed by atoms with van der Waals surface area (Å²) in [4.78, 5) is 14.9. The van der Waals surface area contributed by atoms with Crippen molar-refractivity contribution in [2.24, 2.45) is 7.05 Å². The molecule has 3 aromatic rings. The highest BCUT2D eigenvalue weighted by Gasteiger charge is 2.38. The Bertz CT molecular complexity index is 953. The fraction of sp³-hybridized carbons (Fsp3) is 0.133. The van der Waals surface area contributed by atoms with Crippen molar-refractivity contribution in [3.63, 3.8) is 0 Å². The van der Waals surface area contributed by atoms with Crippen molar-refractivity contribution < 1.29 is 23.1 Å². The monoisotopic (exact) mass is 336 g/mol. The number of pyridine rings is 1. The summed E-state index contributed by atoms with van der Waals surface area (Å²) < 4.78 is 42.2. The Morgan fingerprint density at radius 1 is 1.33 bits per heavy atom. The lowest BCUT2D eigenvalue weighted by atomic mass is 10.2. The van der Waals surface area contributed by atoms with E-state index in [1.54, 1.807) is 24.4 Å². The van der Waals surface area contributed by atoms with Gasteiger partial charge in [-0.15, -0.1) is 0 Å². The second-order valence-electron chi connectivity index (χ2n) is 4.98. The van der Waals surface area contributed by atoms with E-state index in [0.29, 0.717) is 11.7 Å². The number of nitrogens with zero attached hydrogens (tertiary/aromatic N) is 4. The van der Waals surface area contributed by atoms with Gasteiger partial charge in [-0.1, -0.05) is 0 Å². The van der Waals surface area contributed by atoms with Crippen molar-refractivity contribution >= 4 is 23.1 Å². The average Bonchev–Trinajstić information content (AvgIpc) is 3.05. The summed E-state index contributed by atoms with van der Waals surface area (Å²) in [6.07, 6.45) is -0.0960. The molecule has 0 spiro atoms. The van der Waals surface area contributed by atoms with Crippen molar-refractivity contribution in [1.82, 2.24) is 19.3 Å². The molecule has 3 heterocycles. The van der Waals surface area contributed by atoms with Gasteiger partial charge in [0.1, 0.15) is 11.5 Å². The van der Waals surface area contributed by atoms with Crippen LogP contribution in [0, 0.1) is 0 Å². The first kappa shape index (κ1) is 15.8. The Morgan fingerprint density at radius 3 is 2.75 bits per heavy atom. The summed E-state index contributed by atoms with van der Waals surface area (Å²) in [5.74, 6) is -1.28. The third-order valence-corrected chi connectivity index (χ3v) is 3.39. The molecular weight excluding hydrogens is 325 g/mol. The molecule has 3 rings (SSSR count). The van der Waals surface area contributed by atoms with E-state index in [0.717, 1.165) is 16.1 Å². The number of carboxylic acids is 1. The maximum Gasteiger partial charge on any atom is 0.435 e. The lowest BCUT2D eigenvalue weighted by Gasteiger charge is -2.07. The summed E-state index contributed by atoms with van der Waals surface area (Å²) in [5.41, 5.74) is -1.05. The molecule has 0 bridgehead atoms. The molecule has 0 aliphatic rings. The third kappa shape index (κ3) is 2.64. The van der Waals surface area contributed by atoms with Gasteiger partial charge >= 0.3 is 12.1 Å². The number of hydrogen-bond acceptors (Lipinski definition) is 3. The smallest absolute Gasteiger partial charge is 0.435 e. The van der Waals surface area contributed by atoms with Crippen LogP contribution in [0.1, 0.15) is 11.3 Å². The topological polar surface area (TPSA) is 72.9 Å². The molecule has 1 N–H and O–H groups in total. The van der Waals surface area contributed by atoms with Crippen LogP contribution in [0.4, 0.5) is 13.2 Å². The molecule has 0 fully saturated rings. The molecule has 0 saturated carbocycles. The Balaban J connectivity index is 2.31. The van der Waals surface area contributed by atoms with Crippen molar-refractivity contribution in [2.75, 3.05) is 0 Å². The lowest BCUT2D eigenvalue weighted by Crippen LogP contribution is -2.08. The van der Waals surface area contributed by atoms with E-state index < -0.39 is 17.8 Å². The van der Waals surface area contributed by atoms with E-state index in [4.69, 9.17) is 5.11 Å². The lowest BCUT2D eigenvalue weighted by molar-refractivity contribution is -0.141. The van der Waals surface area contributed by atoms with Gasteiger partial charge in [0, 0.05) is 30.9 Å². The van der Waals surface area contributed by atoms with Gasteiger partial charge < -0.3 is 5.11 Å². The SMILES string of the molecule is Cn1nc(C(F)(F)F)c(/C=C/C(=O)O)c1-n1ccc2cccnc21. The van der Waals surface area contributed by atoms with Crippen LogP contribution in [0.2, 0.25) is 0 Å². The zero-order chi connectivity index (χ0) is 17.5. The summed E-state index contributed by atoms with van der Waals surface area (Å²) in [5, 5.41) is 13.0. The molecule has 6 nitrogen and oxygen atoms in total. The minimum atomic E-state index is -4.72. The van der Waals surface area contributed by atoms with E-state index >= 15 is 0 Å². The van der Waals surface area contributed by atoms with E-state index in [1.807, 2.05) is 0 Å². The summed E-state index contributed by atoms with van der Waals surface area (Å²) >= 11 is 0. The predicted molar refractivity (Wildman–Crippen MR) is 79.5 cm³/mol. The normalized spacial score (nSPS) is 12.3. The largest absolute Gasteiger partial charge is 0.478 e. The molecule has 124 valence electrons. The van der Waals surface area contributed by atoms with Gasteiger partial charge in [0.25, 0.3) is 0 Å². The molecule has 0 aromatic carbocycles. The molecule has 0 aliphatic heterocycles. The average molecular weight is 336 g/mol. The second-order valence-corrected chi connectivity index (χ2v) is 4.98. The maximum absolute atomic E-state index is 13.2. The molecular formula is C15H11F3N4O2. The van der Waals surface area contributed by atoms with Crippen LogP contribution in [0.15, 0.2) is 36.7 Å². The molecule has 0 radical (unpaired) electrons. The fourth-order valence-corrected chi connectivity index (χ4v) is 2.47. The number of carbonyl (C=O) groups is 1. The standard InChI is InChI=1S/C15H11F3N4O2/c1-21-14(22-8-6-9-3-2-7-19-13(9)22)10(4-5-11(23)24)12(20-21)15(16,17)18/h2-8H,1H3,(H,23,24)/b5-4+. The predicted octanol–water partition coefficient (Wildman–Crippen LogP) is 2.88. The second kappa shape index (κ2) is 5.52. The van der Waals surface area contributed by atoms with Crippen molar-refractivity contribution in [3.8, 4) is 5.82 Å². The van der Waals surface area contributed by atoms with E-state index in [2.05, 4.69) is 10.1 Å². The van der Waals surface area contributed by atoms with Crippen molar-refractivity contribution in [3.05, 3.63) is 47.9 Å². The van der Waals surface area contributed by atoms with Crippen LogP contribution in [0.5, 0.6) is 0 Å². The van der Waals surface area contributed by atoms with Gasteiger partial charge in [-0.2, -0.15) is 18.3 Å². The van der Waals surface area contributed by atoms with Gasteiger partial charge in [-0.3, -0.25) is 9.25 Å². The zero-order valence-corrected chi connectivity index (χ0v) is 12.3. The summed E-state index contributed by atoms with van der Waals surface area (Å²) in [6, 6.07) is 5.18. The minimum absolute atomic E-state index is 0.0773. The number of aryl methyl sites for hydroxylation is 1. The number of aromatic nitrogens is 4. The Kier molecular flexibility index (Phi) is 3.63. The van der Waals surface area contributed by atoms with Crippen molar-refractivity contribution in [1.29, 1.82) is 0 Å². The number of halogens is 3. The first-order valence-electron chi connectivity index (χ1n) is 6.76. The molecule has 0 aliphatic carbocycles. The van der Waals surface area contributed by atoms with Gasteiger partial charge in [-0.05, 0) is 24.3 Å². The molecule has 9 heteroatoms. The molecule has 3 aromatic heterocycles. The number of alkyl halides is 3. The van der Waals surface area contributed by atoms with Crippen molar-refractivity contribution in [2.45, 2.75) is 6.18 Å². The number of fused-ring (bicyclic) bond motifs is 1. The first-order chi connectivity index (χ1) is 11.3. The van der Waals surface area contributed by atoms with E-state index in [-0.39, 0.29) is 11.4 Å². The summed E-state index contributed by atoms with van der Waals surface area (Å²) in [7, 11) is 1.36. The number of aliphatic carboxylic acids is 1. The first-order valence-corrected chi connectivity index (χ1v) is 6.76. The molecule has 24 heavy (non-hydrogen) atoms. The molecule has 0 amide bonds. The van der Waals surface area contributed by atoms with Gasteiger partial charge in [0.05, 0.1) is 5.56 Å². The van der Waals surface area contributed by atoms with Crippen LogP contribution >= 0.6 is 0 Å². The molecule has 0 saturated heterocycles. The van der Waals surface area contributed by atoms with Crippen LogP contribution < -0.4 is 0 Å². The van der Waals surface area contributed by atoms with Crippen LogP contribution in [-0.4, -0.2) is 30.4 Å². The van der Waals surface area contributed by atoms with E-state index in [9.17, 15) is 18.0 Å². The Morgan fingerprint density at radius 2 is 2.08 bits per heavy atom. The third-order valence-electron chi connectivity index (χ3n) is 3.39. The Labute approximate surface area is 133 Å². The number of hydrogen-bond donors (Lipinski definition) is 1. The minimum Gasteiger partial charge on any atom is -0.478 e. The van der Waals surface area contributed by atoms with Crippen LogP contribution in [0.3, 0.4) is 0 Å². The van der Waals surface area contributed by atoms with Gasteiger partial charge in [-0.25, -0.2) is 9.78 Å². The zero-order valence-electron chi connectivity index (χ0n) is 12.3. The van der Waals surface area contributed by atoms with Gasteiger partial charge in [0.15, 0.2) is 5.69 Å². The maximum atomic E-state index is 13.2. The summed E-state index contributed by atoms with van der Waals surface area (Å²) in [6.45, 7) is 0. The number of carboxylic acid groups (broad SMARTS) is 1. The van der Waals surface area contributed by atoms with E-state index in [1.165, 1.54) is 17.8 Å². The Hall–Kier alpha value is -3.10. The fourth-order valence-electron chi connectivity index (χ4n) is 2.47. The highest BCUT2D eigenvalue weighted by atomic mass is 19.4. The quantitative estimate of drug-likeness (QED) is 0.747. The molecule has 0 atom stereocenters. The number of rotatable bonds is 3. The highest BCUT2D eigenvalue weighted by Crippen LogP contribution is 2.35. The van der Waals surface area contributed by atoms with Crippen LogP contribution in [0.25, 0.3) is 22.9 Å². The van der Waals surface area contributed by atoms with Gasteiger partial charge in [0.2, 0.25) is 0 Å². The molecule has 0 unspecified atom stereocenters. The highest BCUT2D eigenvalue weighted by molar-refractivity contribution is 5.87.